The van der Waals surface area contributed by atoms with E-state index in [1.807, 2.05) is 17.0 Å². The molecule has 1 aromatic carbocycles. The molecule has 0 saturated carbocycles. The summed E-state index contributed by atoms with van der Waals surface area (Å²) in [6.07, 6.45) is 3.58. The minimum Gasteiger partial charge on any atom is -0.492 e. The van der Waals surface area contributed by atoms with Crippen LogP contribution >= 0.6 is 0 Å². The minimum absolute atomic E-state index is 0.127. The molecule has 1 aromatic rings. The number of nitrogens with two attached hydrogens (primary N) is 2. The number of piperidine rings is 1. The Morgan fingerprint density at radius 1 is 1.36 bits per heavy atom. The number of anilines is 1. The number of nitrogens with zero attached hydrogens (tertiary/aromatic N) is 1. The summed E-state index contributed by atoms with van der Waals surface area (Å²) in [5, 5.41) is 0. The fourth-order valence-corrected chi connectivity index (χ4v) is 3.60. The number of carbonyl (C=O) groups is 1. The molecule has 2 saturated heterocycles. The molecular formula is C19H27N3O3. The lowest BCUT2D eigenvalue weighted by Gasteiger charge is -2.34. The Morgan fingerprint density at radius 3 is 2.92 bits per heavy atom. The number of ether oxygens (including phenoxy) is 2. The van der Waals surface area contributed by atoms with Gasteiger partial charge in [0, 0.05) is 37.0 Å². The fraction of sp³-hybridized carbons (Fsp3) is 0.526. The molecule has 3 rings (SSSR count). The number of carbonyl (C=O) groups excluding carboxylic acids is 1. The first-order chi connectivity index (χ1) is 12.1. The van der Waals surface area contributed by atoms with Crippen molar-refractivity contribution in [1.29, 1.82) is 0 Å². The third-order valence-corrected chi connectivity index (χ3v) is 4.89. The lowest BCUT2D eigenvalue weighted by atomic mass is 9.98. The van der Waals surface area contributed by atoms with Gasteiger partial charge in [0.2, 0.25) is 0 Å². The predicted octanol–water partition coefficient (Wildman–Crippen LogP) is 1.99. The summed E-state index contributed by atoms with van der Waals surface area (Å²) in [5.41, 5.74) is 13.4. The van der Waals surface area contributed by atoms with Gasteiger partial charge in [-0.05, 0) is 37.8 Å². The van der Waals surface area contributed by atoms with Crippen molar-refractivity contribution in [2.75, 3.05) is 32.0 Å². The molecule has 2 heterocycles. The molecule has 2 aliphatic rings. The quantitative estimate of drug-likeness (QED) is 0.797. The van der Waals surface area contributed by atoms with Gasteiger partial charge in [0.25, 0.3) is 5.91 Å². The largest absolute Gasteiger partial charge is 0.492 e. The van der Waals surface area contributed by atoms with Gasteiger partial charge < -0.3 is 25.8 Å². The van der Waals surface area contributed by atoms with E-state index in [4.69, 9.17) is 20.9 Å². The van der Waals surface area contributed by atoms with E-state index in [0.717, 1.165) is 32.2 Å². The van der Waals surface area contributed by atoms with E-state index in [0.29, 0.717) is 48.4 Å². The summed E-state index contributed by atoms with van der Waals surface area (Å²) >= 11 is 0. The van der Waals surface area contributed by atoms with Crippen LogP contribution in [0, 0.1) is 5.92 Å². The van der Waals surface area contributed by atoms with Crippen LogP contribution in [0.25, 0.3) is 5.70 Å². The maximum atomic E-state index is 12.5. The van der Waals surface area contributed by atoms with Gasteiger partial charge in [-0.1, -0.05) is 12.6 Å². The van der Waals surface area contributed by atoms with E-state index < -0.39 is 0 Å². The van der Waals surface area contributed by atoms with Gasteiger partial charge in [-0.15, -0.1) is 0 Å². The molecule has 4 N–H and O–H groups in total. The standard InChI is InChI=1S/C19H27N3O3/c1-13(20)18-15(21)6-2-7-16(18)25-12-14-5-3-9-22(11-14)19(23)17-8-4-10-24-17/h2,6-7,14,17H,1,3-5,8-12,20-21H2/t14-,17?/m0/s1. The Hall–Kier alpha value is -2.21. The van der Waals surface area contributed by atoms with Gasteiger partial charge >= 0.3 is 0 Å². The summed E-state index contributed by atoms with van der Waals surface area (Å²) in [6.45, 7) is 6.50. The number of hydrogen-bond acceptors (Lipinski definition) is 5. The Morgan fingerprint density at radius 2 is 2.20 bits per heavy atom. The number of amides is 1. The fourth-order valence-electron chi connectivity index (χ4n) is 3.60. The minimum atomic E-state index is -0.249. The second-order valence-corrected chi connectivity index (χ2v) is 6.85. The van der Waals surface area contributed by atoms with Crippen molar-refractivity contribution in [2.24, 2.45) is 11.7 Å². The summed E-state index contributed by atoms with van der Waals surface area (Å²) in [7, 11) is 0. The Labute approximate surface area is 148 Å². The van der Waals surface area contributed by atoms with Gasteiger partial charge in [-0.3, -0.25) is 4.79 Å². The van der Waals surface area contributed by atoms with Crippen molar-refractivity contribution >= 4 is 17.3 Å². The molecule has 1 amide bonds. The summed E-state index contributed by atoms with van der Waals surface area (Å²) in [4.78, 5) is 14.4. The molecule has 2 fully saturated rings. The zero-order chi connectivity index (χ0) is 17.8. The Bertz CT molecular complexity index is 641. The third-order valence-electron chi connectivity index (χ3n) is 4.89. The average Bonchev–Trinajstić information content (AvgIpc) is 3.14. The Balaban J connectivity index is 1.59. The van der Waals surface area contributed by atoms with Gasteiger partial charge in [0.1, 0.15) is 11.9 Å². The number of hydrogen-bond donors (Lipinski definition) is 2. The van der Waals surface area contributed by atoms with Crippen molar-refractivity contribution in [3.05, 3.63) is 30.3 Å². The molecule has 2 atom stereocenters. The lowest BCUT2D eigenvalue weighted by molar-refractivity contribution is -0.143. The molecule has 2 aliphatic heterocycles. The van der Waals surface area contributed by atoms with Crippen LogP contribution in [0.4, 0.5) is 5.69 Å². The lowest BCUT2D eigenvalue weighted by Crippen LogP contribution is -2.45. The number of benzene rings is 1. The molecule has 0 spiro atoms. The SMILES string of the molecule is C=C(N)c1c(N)cccc1OC[C@H]1CCCN(C(=O)C2CCCO2)C1. The van der Waals surface area contributed by atoms with Crippen LogP contribution in [0.15, 0.2) is 24.8 Å². The van der Waals surface area contributed by atoms with Crippen LogP contribution in [-0.4, -0.2) is 43.2 Å². The molecule has 136 valence electrons. The van der Waals surface area contributed by atoms with E-state index in [1.54, 1.807) is 6.07 Å². The first-order valence-corrected chi connectivity index (χ1v) is 8.92. The van der Waals surface area contributed by atoms with E-state index in [1.165, 1.54) is 0 Å². The summed E-state index contributed by atoms with van der Waals surface area (Å²) in [6, 6.07) is 5.47. The summed E-state index contributed by atoms with van der Waals surface area (Å²) in [5.74, 6) is 1.07. The highest BCUT2D eigenvalue weighted by Crippen LogP contribution is 2.29. The molecule has 0 bridgehead atoms. The number of rotatable bonds is 5. The van der Waals surface area contributed by atoms with Gasteiger partial charge in [-0.25, -0.2) is 0 Å². The van der Waals surface area contributed by atoms with Crippen LogP contribution in [0.3, 0.4) is 0 Å². The molecule has 6 nitrogen and oxygen atoms in total. The van der Waals surface area contributed by atoms with Crippen LogP contribution in [0.1, 0.15) is 31.2 Å². The maximum absolute atomic E-state index is 12.5. The molecule has 0 radical (unpaired) electrons. The monoisotopic (exact) mass is 345 g/mol. The highest BCUT2D eigenvalue weighted by molar-refractivity contribution is 5.81. The average molecular weight is 345 g/mol. The molecule has 0 aliphatic carbocycles. The molecular weight excluding hydrogens is 318 g/mol. The van der Waals surface area contributed by atoms with Crippen molar-refractivity contribution in [2.45, 2.75) is 31.8 Å². The van der Waals surface area contributed by atoms with Crippen molar-refractivity contribution in [3.8, 4) is 5.75 Å². The summed E-state index contributed by atoms with van der Waals surface area (Å²) < 4.78 is 11.5. The van der Waals surface area contributed by atoms with E-state index in [9.17, 15) is 4.79 Å². The first-order valence-electron chi connectivity index (χ1n) is 8.92. The highest BCUT2D eigenvalue weighted by Gasteiger charge is 2.31. The molecule has 0 aromatic heterocycles. The predicted molar refractivity (Wildman–Crippen MR) is 97.8 cm³/mol. The van der Waals surface area contributed by atoms with E-state index in [2.05, 4.69) is 6.58 Å². The third kappa shape index (κ3) is 4.07. The molecule has 25 heavy (non-hydrogen) atoms. The topological polar surface area (TPSA) is 90.8 Å². The van der Waals surface area contributed by atoms with Crippen LogP contribution in [0.2, 0.25) is 0 Å². The highest BCUT2D eigenvalue weighted by atomic mass is 16.5. The van der Waals surface area contributed by atoms with Crippen molar-refractivity contribution in [1.82, 2.24) is 4.90 Å². The van der Waals surface area contributed by atoms with Crippen molar-refractivity contribution < 1.29 is 14.3 Å². The maximum Gasteiger partial charge on any atom is 0.251 e. The second-order valence-electron chi connectivity index (χ2n) is 6.85. The van der Waals surface area contributed by atoms with Crippen molar-refractivity contribution in [3.63, 3.8) is 0 Å². The normalized spacial score (nSPS) is 23.4. The van der Waals surface area contributed by atoms with Crippen LogP contribution < -0.4 is 16.2 Å². The van der Waals surface area contributed by atoms with Gasteiger partial charge in [0.05, 0.1) is 12.2 Å². The first kappa shape index (κ1) is 17.6. The molecule has 1 unspecified atom stereocenters. The number of nitrogen functional groups attached to an aromatic ring is 1. The van der Waals surface area contributed by atoms with Crippen LogP contribution in [0.5, 0.6) is 5.75 Å². The van der Waals surface area contributed by atoms with E-state index in [-0.39, 0.29) is 12.0 Å². The van der Waals surface area contributed by atoms with Gasteiger partial charge in [-0.2, -0.15) is 0 Å². The zero-order valence-electron chi connectivity index (χ0n) is 14.6. The number of likely N-dealkylation sites (tertiary alicyclic amines) is 1. The molecule has 6 heteroatoms. The smallest absolute Gasteiger partial charge is 0.251 e. The van der Waals surface area contributed by atoms with Gasteiger partial charge in [0.15, 0.2) is 0 Å². The second kappa shape index (κ2) is 7.78. The van der Waals surface area contributed by atoms with E-state index >= 15 is 0 Å². The van der Waals surface area contributed by atoms with Crippen LogP contribution in [-0.2, 0) is 9.53 Å². The zero-order valence-corrected chi connectivity index (χ0v) is 14.6. The Kier molecular flexibility index (Phi) is 5.48.